The zero-order chi connectivity index (χ0) is 18.0. The molecule has 8 heteroatoms. The maximum absolute atomic E-state index is 13.8. The van der Waals surface area contributed by atoms with Gasteiger partial charge in [-0.1, -0.05) is 13.0 Å². The van der Waals surface area contributed by atoms with E-state index in [2.05, 4.69) is 21.5 Å². The lowest BCUT2D eigenvalue weighted by molar-refractivity contribution is -0.123. The molecule has 0 spiro atoms. The van der Waals surface area contributed by atoms with E-state index in [-0.39, 0.29) is 36.3 Å². The third kappa shape index (κ3) is 4.32. The average molecular weight is 352 g/mol. The first-order valence-corrected chi connectivity index (χ1v) is 8.47. The van der Waals surface area contributed by atoms with Gasteiger partial charge in [0, 0.05) is 30.9 Å². The van der Waals surface area contributed by atoms with E-state index in [0.717, 1.165) is 6.42 Å². The first-order valence-electron chi connectivity index (χ1n) is 8.47. The summed E-state index contributed by atoms with van der Waals surface area (Å²) in [5.74, 6) is -0.973. The van der Waals surface area contributed by atoms with E-state index in [9.17, 15) is 18.4 Å². The van der Waals surface area contributed by atoms with Crippen LogP contribution in [0.15, 0.2) is 18.2 Å². The second-order valence-corrected chi connectivity index (χ2v) is 6.69. The fourth-order valence-electron chi connectivity index (χ4n) is 3.07. The van der Waals surface area contributed by atoms with E-state index >= 15 is 0 Å². The Bertz CT molecular complexity index is 650. The fraction of sp³-hybridized carbons (Fsp3) is 0.529. The molecule has 4 atom stereocenters. The Morgan fingerprint density at radius 3 is 2.52 bits per heavy atom. The van der Waals surface area contributed by atoms with Crippen molar-refractivity contribution in [3.05, 3.63) is 35.4 Å². The molecule has 1 saturated carbocycles. The van der Waals surface area contributed by atoms with Crippen LogP contribution in [0.25, 0.3) is 0 Å². The number of amides is 2. The third-order valence-electron chi connectivity index (χ3n) is 4.68. The number of rotatable bonds is 6. The van der Waals surface area contributed by atoms with E-state index in [4.69, 9.17) is 0 Å². The Kier molecular flexibility index (Phi) is 5.29. The van der Waals surface area contributed by atoms with Crippen LogP contribution in [-0.2, 0) is 9.59 Å². The number of nitrogens with one attached hydrogen (secondary N) is 4. The predicted molar refractivity (Wildman–Crippen MR) is 86.8 cm³/mol. The Balaban J connectivity index is 1.42. The Labute approximate surface area is 144 Å². The monoisotopic (exact) mass is 352 g/mol. The quantitative estimate of drug-likeness (QED) is 0.618. The molecule has 1 aliphatic carbocycles. The molecule has 1 aromatic rings. The van der Waals surface area contributed by atoms with Gasteiger partial charge in [-0.25, -0.2) is 19.6 Å². The lowest BCUT2D eigenvalue weighted by Crippen LogP contribution is -2.45. The normalized spacial score (nSPS) is 27.8. The highest BCUT2D eigenvalue weighted by Crippen LogP contribution is 2.37. The van der Waals surface area contributed by atoms with Crippen LogP contribution in [0.3, 0.4) is 0 Å². The van der Waals surface area contributed by atoms with Gasteiger partial charge in [-0.15, -0.1) is 0 Å². The number of hydrazine groups is 1. The molecular weight excluding hydrogens is 330 g/mol. The number of benzene rings is 1. The topological polar surface area (TPSA) is 82.3 Å². The molecule has 0 aromatic heterocycles. The summed E-state index contributed by atoms with van der Waals surface area (Å²) in [6.45, 7) is 2.30. The molecule has 1 saturated heterocycles. The van der Waals surface area contributed by atoms with Gasteiger partial charge >= 0.3 is 0 Å². The van der Waals surface area contributed by atoms with Crippen molar-refractivity contribution in [2.24, 2.45) is 11.8 Å². The molecule has 1 aromatic carbocycles. The SMILES string of the molecule is CC1CC1C(=O)NCCC(=O)NC1CC(c2c(F)cccc2F)NN1. The van der Waals surface area contributed by atoms with Gasteiger partial charge in [0.1, 0.15) is 11.6 Å². The first-order chi connectivity index (χ1) is 12.0. The summed E-state index contributed by atoms with van der Waals surface area (Å²) in [5.41, 5.74) is 5.58. The average Bonchev–Trinajstić information content (AvgIpc) is 3.11. The molecule has 4 unspecified atom stereocenters. The van der Waals surface area contributed by atoms with Crippen LogP contribution in [0.4, 0.5) is 8.78 Å². The van der Waals surface area contributed by atoms with E-state index in [0.29, 0.717) is 12.3 Å². The summed E-state index contributed by atoms with van der Waals surface area (Å²) in [6.07, 6.45) is 0.943. The van der Waals surface area contributed by atoms with Crippen LogP contribution >= 0.6 is 0 Å². The van der Waals surface area contributed by atoms with E-state index in [1.54, 1.807) is 0 Å². The summed E-state index contributed by atoms with van der Waals surface area (Å²) < 4.78 is 27.6. The summed E-state index contributed by atoms with van der Waals surface area (Å²) in [4.78, 5) is 23.6. The minimum atomic E-state index is -0.622. The van der Waals surface area contributed by atoms with Crippen LogP contribution in [0.2, 0.25) is 0 Å². The summed E-state index contributed by atoms with van der Waals surface area (Å²) in [6, 6.07) is 3.15. The van der Waals surface area contributed by atoms with Crippen LogP contribution in [0.5, 0.6) is 0 Å². The van der Waals surface area contributed by atoms with E-state index in [1.165, 1.54) is 18.2 Å². The lowest BCUT2D eigenvalue weighted by atomic mass is 10.0. The van der Waals surface area contributed by atoms with Crippen LogP contribution in [0.1, 0.15) is 37.8 Å². The van der Waals surface area contributed by atoms with Gasteiger partial charge in [0.15, 0.2) is 0 Å². The van der Waals surface area contributed by atoms with Crippen molar-refractivity contribution < 1.29 is 18.4 Å². The zero-order valence-electron chi connectivity index (χ0n) is 13.9. The molecule has 2 fully saturated rings. The molecule has 4 N–H and O–H groups in total. The predicted octanol–water partition coefficient (Wildman–Crippen LogP) is 1.11. The molecule has 0 bridgehead atoms. The number of carbonyl (C=O) groups is 2. The van der Waals surface area contributed by atoms with Crippen molar-refractivity contribution in [1.82, 2.24) is 21.5 Å². The molecule has 1 aliphatic heterocycles. The standard InChI is InChI=1S/C17H22F2N4O2/c1-9-7-10(9)17(25)20-6-5-15(24)21-14-8-13(22-23-14)16-11(18)3-2-4-12(16)19/h2-4,9-10,13-14,22-23H,5-8H2,1H3,(H,20,25)(H,21,24). The largest absolute Gasteiger partial charge is 0.355 e. The molecule has 3 rings (SSSR count). The minimum absolute atomic E-state index is 0.00366. The van der Waals surface area contributed by atoms with Gasteiger partial charge < -0.3 is 10.6 Å². The van der Waals surface area contributed by atoms with Gasteiger partial charge in [-0.2, -0.15) is 0 Å². The van der Waals surface area contributed by atoms with Crippen LogP contribution in [0, 0.1) is 23.5 Å². The van der Waals surface area contributed by atoms with E-state index in [1.807, 2.05) is 6.92 Å². The first kappa shape index (κ1) is 17.8. The molecule has 6 nitrogen and oxygen atoms in total. The van der Waals surface area contributed by atoms with Crippen LogP contribution < -0.4 is 21.5 Å². The van der Waals surface area contributed by atoms with Gasteiger partial charge in [-0.3, -0.25) is 9.59 Å². The highest BCUT2D eigenvalue weighted by atomic mass is 19.1. The van der Waals surface area contributed by atoms with E-state index < -0.39 is 23.8 Å². The third-order valence-corrected chi connectivity index (χ3v) is 4.68. The molecule has 1 heterocycles. The second kappa shape index (κ2) is 7.45. The maximum atomic E-state index is 13.8. The minimum Gasteiger partial charge on any atom is -0.355 e. The van der Waals surface area contributed by atoms with Gasteiger partial charge in [0.05, 0.1) is 12.2 Å². The Morgan fingerprint density at radius 2 is 1.88 bits per heavy atom. The second-order valence-electron chi connectivity index (χ2n) is 6.69. The molecule has 2 aliphatic rings. The molecule has 2 amide bonds. The molecule has 25 heavy (non-hydrogen) atoms. The van der Waals surface area contributed by atoms with Crippen molar-refractivity contribution in [1.29, 1.82) is 0 Å². The van der Waals surface area contributed by atoms with Gasteiger partial charge in [0.2, 0.25) is 11.8 Å². The number of carbonyl (C=O) groups excluding carboxylic acids is 2. The zero-order valence-corrected chi connectivity index (χ0v) is 13.9. The smallest absolute Gasteiger partial charge is 0.223 e. The maximum Gasteiger partial charge on any atom is 0.223 e. The number of hydrogen-bond acceptors (Lipinski definition) is 4. The fourth-order valence-corrected chi connectivity index (χ4v) is 3.07. The summed E-state index contributed by atoms with van der Waals surface area (Å²) >= 11 is 0. The number of halogens is 2. The molecular formula is C17H22F2N4O2. The molecule has 0 radical (unpaired) electrons. The Hall–Kier alpha value is -2.06. The summed E-state index contributed by atoms with van der Waals surface area (Å²) in [7, 11) is 0. The van der Waals surface area contributed by atoms with Crippen molar-refractivity contribution in [3.63, 3.8) is 0 Å². The van der Waals surface area contributed by atoms with Crippen molar-refractivity contribution in [2.75, 3.05) is 6.54 Å². The highest BCUT2D eigenvalue weighted by molar-refractivity contribution is 5.82. The van der Waals surface area contributed by atoms with Crippen molar-refractivity contribution in [3.8, 4) is 0 Å². The molecule has 136 valence electrons. The highest BCUT2D eigenvalue weighted by Gasteiger charge is 2.38. The number of hydrogen-bond donors (Lipinski definition) is 4. The van der Waals surface area contributed by atoms with Gasteiger partial charge in [0.25, 0.3) is 0 Å². The summed E-state index contributed by atoms with van der Waals surface area (Å²) in [5, 5.41) is 5.48. The van der Waals surface area contributed by atoms with Crippen molar-refractivity contribution in [2.45, 2.75) is 38.4 Å². The lowest BCUT2D eigenvalue weighted by Gasteiger charge is -2.13. The van der Waals surface area contributed by atoms with Gasteiger partial charge in [-0.05, 0) is 24.5 Å². The van der Waals surface area contributed by atoms with Crippen LogP contribution in [-0.4, -0.2) is 24.5 Å². The Morgan fingerprint density at radius 1 is 1.20 bits per heavy atom. The van der Waals surface area contributed by atoms with Crippen molar-refractivity contribution >= 4 is 11.8 Å².